The highest BCUT2D eigenvalue weighted by atomic mass is 32.1. The smallest absolute Gasteiger partial charge is 0.333 e. The van der Waals surface area contributed by atoms with E-state index in [0.717, 1.165) is 12.8 Å². The van der Waals surface area contributed by atoms with Crippen molar-refractivity contribution in [2.24, 2.45) is 0 Å². The molecule has 0 N–H and O–H groups in total. The zero-order valence-corrected chi connectivity index (χ0v) is 33.0. The van der Waals surface area contributed by atoms with Crippen molar-refractivity contribution in [1.29, 1.82) is 0 Å². The molecule has 1 aliphatic carbocycles. The van der Waals surface area contributed by atoms with E-state index in [4.69, 9.17) is 0 Å². The van der Waals surface area contributed by atoms with Crippen molar-refractivity contribution in [1.82, 2.24) is 0 Å². The Bertz CT molecular complexity index is 2620. The van der Waals surface area contributed by atoms with E-state index in [9.17, 15) is 0 Å². The molecule has 1 aromatic heterocycles. The minimum Gasteiger partial charge on any atom is -0.376 e. The highest BCUT2D eigenvalue weighted by Gasteiger charge is 2.47. The number of benzene rings is 6. The van der Waals surface area contributed by atoms with Crippen molar-refractivity contribution >= 4 is 72.0 Å². The number of thiophene rings is 1. The van der Waals surface area contributed by atoms with Crippen LogP contribution < -0.4 is 20.6 Å². The normalized spacial score (nSPS) is 16.8. The Balaban J connectivity index is 1.30. The van der Waals surface area contributed by atoms with E-state index in [2.05, 4.69) is 176 Å². The van der Waals surface area contributed by atoms with Gasteiger partial charge in [-0.05, 0) is 131 Å². The first-order valence-corrected chi connectivity index (χ1v) is 21.2. The fourth-order valence-corrected chi connectivity index (χ4v) is 10.8. The predicted octanol–water partition coefficient (Wildman–Crippen LogP) is 12.7. The van der Waals surface area contributed by atoms with Gasteiger partial charge in [0.15, 0.2) is 0 Å². The number of rotatable bonds is 9. The van der Waals surface area contributed by atoms with Gasteiger partial charge in [-0.2, -0.15) is 0 Å². The summed E-state index contributed by atoms with van der Waals surface area (Å²) in [6.45, 7) is 6.87. The molecule has 2 unspecified atom stereocenters. The Labute approximate surface area is 330 Å². The third kappa shape index (κ3) is 5.68. The molecule has 3 heterocycles. The number of allylic oxidation sites excluding steroid dienone is 2. The fraction of sp³-hybridized carbons (Fsp3) is 0.216. The number of fused-ring (bicyclic) bond motifs is 8. The fourth-order valence-electron chi connectivity index (χ4n) is 9.66. The lowest BCUT2D eigenvalue weighted by molar-refractivity contribution is 0.691. The van der Waals surface area contributed by atoms with E-state index in [1.54, 1.807) is 0 Å². The highest BCUT2D eigenvalue weighted by molar-refractivity contribution is 7.26. The van der Waals surface area contributed by atoms with Crippen LogP contribution in [-0.4, -0.2) is 12.9 Å². The second-order valence-electron chi connectivity index (χ2n) is 15.8. The van der Waals surface area contributed by atoms with E-state index in [1.165, 1.54) is 113 Å². The van der Waals surface area contributed by atoms with E-state index in [-0.39, 0.29) is 18.8 Å². The number of hydrogen-bond acceptors (Lipinski definition) is 3. The third-order valence-electron chi connectivity index (χ3n) is 12.2. The first-order valence-electron chi connectivity index (χ1n) is 20.4. The lowest BCUT2D eigenvalue weighted by Crippen LogP contribution is -2.63. The first-order chi connectivity index (χ1) is 27.1. The number of unbranched alkanes of at least 4 members (excludes halogenated alkanes) is 2. The molecule has 0 radical (unpaired) electrons. The molecule has 2 nitrogen and oxygen atoms in total. The highest BCUT2D eigenvalue weighted by Crippen LogP contribution is 2.49. The van der Waals surface area contributed by atoms with Crippen LogP contribution in [0.5, 0.6) is 0 Å². The Kier molecular flexibility index (Phi) is 8.75. The van der Waals surface area contributed by atoms with Crippen LogP contribution in [0.1, 0.15) is 67.7 Å². The van der Waals surface area contributed by atoms with Crippen molar-refractivity contribution in [2.45, 2.75) is 71.3 Å². The molecule has 0 amide bonds. The van der Waals surface area contributed by atoms with Gasteiger partial charge in [0.2, 0.25) is 0 Å². The van der Waals surface area contributed by atoms with Crippen LogP contribution >= 0.6 is 11.3 Å². The van der Waals surface area contributed by atoms with Gasteiger partial charge in [-0.25, -0.2) is 0 Å². The summed E-state index contributed by atoms with van der Waals surface area (Å²) in [5, 5.41) is 2.75. The van der Waals surface area contributed by atoms with E-state index in [1.807, 2.05) is 11.3 Å². The monoisotopic (exact) mass is 730 g/mol. The average Bonchev–Trinajstić information content (AvgIpc) is 3.62. The zero-order chi connectivity index (χ0) is 37.0. The van der Waals surface area contributed by atoms with E-state index >= 15 is 0 Å². The Morgan fingerprint density at radius 1 is 0.618 bits per heavy atom. The van der Waals surface area contributed by atoms with E-state index in [0.29, 0.717) is 0 Å². The summed E-state index contributed by atoms with van der Waals surface area (Å²) in [6, 6.07) is 47.0. The average molecular weight is 731 g/mol. The van der Waals surface area contributed by atoms with Gasteiger partial charge in [0.05, 0.1) is 6.04 Å². The zero-order valence-electron chi connectivity index (χ0n) is 32.1. The van der Waals surface area contributed by atoms with Crippen LogP contribution in [-0.2, 0) is 12.8 Å². The molecular weight excluding hydrogens is 683 g/mol. The summed E-state index contributed by atoms with van der Waals surface area (Å²) >= 11 is 1.93. The minimum absolute atomic E-state index is 0.00710. The molecular formula is C51H47BN2S. The molecule has 3 aliphatic rings. The van der Waals surface area contributed by atoms with Gasteiger partial charge in [0, 0.05) is 43.6 Å². The van der Waals surface area contributed by atoms with Crippen LogP contribution in [0.15, 0.2) is 146 Å². The van der Waals surface area contributed by atoms with Crippen LogP contribution in [0.3, 0.4) is 0 Å². The molecule has 0 saturated heterocycles. The summed E-state index contributed by atoms with van der Waals surface area (Å²) in [5.41, 5.74) is 16.2. The maximum Gasteiger partial charge on any atom is 0.333 e. The molecule has 2 aliphatic heterocycles. The van der Waals surface area contributed by atoms with Crippen molar-refractivity contribution in [3.63, 3.8) is 0 Å². The molecule has 0 fully saturated rings. The van der Waals surface area contributed by atoms with E-state index < -0.39 is 0 Å². The number of hydrogen-bond donors (Lipinski definition) is 0. The summed E-state index contributed by atoms with van der Waals surface area (Å²) < 4.78 is 2.70. The molecule has 7 aromatic rings. The minimum atomic E-state index is -0.00710. The molecule has 2 atom stereocenters. The molecule has 55 heavy (non-hydrogen) atoms. The van der Waals surface area contributed by atoms with Crippen LogP contribution in [0.4, 0.5) is 22.7 Å². The van der Waals surface area contributed by atoms with Gasteiger partial charge in [-0.15, -0.1) is 11.3 Å². The van der Waals surface area contributed by atoms with Gasteiger partial charge in [-0.1, -0.05) is 124 Å². The summed E-state index contributed by atoms with van der Waals surface area (Å²) in [4.78, 5) is 5.43. The summed E-state index contributed by atoms with van der Waals surface area (Å²) in [7, 11) is 0. The molecule has 0 bridgehead atoms. The molecule has 6 aromatic carbocycles. The third-order valence-corrected chi connectivity index (χ3v) is 13.4. The van der Waals surface area contributed by atoms with Crippen molar-refractivity contribution in [3.05, 3.63) is 168 Å². The molecule has 10 rings (SSSR count). The second-order valence-corrected chi connectivity index (χ2v) is 16.9. The lowest BCUT2D eigenvalue weighted by Gasteiger charge is -2.49. The van der Waals surface area contributed by atoms with Gasteiger partial charge in [0.25, 0.3) is 0 Å². The standard InChI is InChI=1S/C51H47BN2S/c1-4-6-15-35-23-26-38(27-24-35)54-44-28-25-36(16-7-5-2)33-41(44)42-31-34(3)32-46-50(42)52(54)51-45(29-30-48-49(51)40-20-12-14-22-47(40)55-48)53(46)43-21-13-11-19-39(43)37-17-9-8-10-18-37/h8-14,17-33,39,43H,4-7,15-16H2,1-3H3. The molecule has 4 heteroatoms. The molecule has 0 spiro atoms. The lowest BCUT2D eigenvalue weighted by atomic mass is 9.42. The SMILES string of the molecule is CCCCc1ccc(N2B3c4c(cc(C)cc4N(C4C=CC=CC4c4ccccc4)c4ccc5sc6ccccc6c5c43)-c3cc(CCCC)ccc32)cc1. The summed E-state index contributed by atoms with van der Waals surface area (Å²) in [6.07, 6.45) is 16.4. The largest absolute Gasteiger partial charge is 0.376 e. The Morgan fingerprint density at radius 3 is 2.16 bits per heavy atom. The molecule has 0 saturated carbocycles. The van der Waals surface area contributed by atoms with Crippen LogP contribution in [0.2, 0.25) is 0 Å². The Hall–Kier alpha value is -5.32. The van der Waals surface area contributed by atoms with Crippen molar-refractivity contribution in [2.75, 3.05) is 9.71 Å². The van der Waals surface area contributed by atoms with Gasteiger partial charge in [0.1, 0.15) is 0 Å². The maximum atomic E-state index is 2.72. The van der Waals surface area contributed by atoms with Gasteiger partial charge < -0.3 is 9.71 Å². The number of aryl methyl sites for hydroxylation is 3. The number of nitrogens with zero attached hydrogens (tertiary/aromatic N) is 2. The predicted molar refractivity (Wildman–Crippen MR) is 240 cm³/mol. The maximum absolute atomic E-state index is 2.72. The molecule has 270 valence electrons. The van der Waals surface area contributed by atoms with Gasteiger partial charge >= 0.3 is 6.85 Å². The summed E-state index contributed by atoms with van der Waals surface area (Å²) in [5.74, 6) is 0.199. The number of anilines is 4. The van der Waals surface area contributed by atoms with Gasteiger partial charge in [-0.3, -0.25) is 0 Å². The topological polar surface area (TPSA) is 6.48 Å². The first kappa shape index (κ1) is 34.2. The van der Waals surface area contributed by atoms with Crippen molar-refractivity contribution in [3.8, 4) is 11.1 Å². The second kappa shape index (κ2) is 14.1. The quantitative estimate of drug-likeness (QED) is 0.136. The van der Waals surface area contributed by atoms with Crippen LogP contribution in [0, 0.1) is 6.92 Å². The van der Waals surface area contributed by atoms with Crippen molar-refractivity contribution < 1.29 is 0 Å². The van der Waals surface area contributed by atoms with Crippen LogP contribution in [0.25, 0.3) is 31.3 Å². The Morgan fingerprint density at radius 2 is 1.35 bits per heavy atom.